The number of H-pyrrole nitrogens is 2. The number of fused-ring (bicyclic) bond motifs is 3. The van der Waals surface area contributed by atoms with Gasteiger partial charge in [0.2, 0.25) is 5.69 Å². The first-order valence-electron chi connectivity index (χ1n) is 13.2. The fraction of sp³-hybridized carbons (Fsp3) is 0.214. The number of nitrogens with zero attached hydrogens (tertiary/aromatic N) is 5. The fourth-order valence-corrected chi connectivity index (χ4v) is 5.61. The maximum atomic E-state index is 13.9. The second-order valence-electron chi connectivity index (χ2n) is 10.9. The van der Waals surface area contributed by atoms with Crippen LogP contribution in [-0.4, -0.2) is 42.0 Å². The molecule has 3 aromatic heterocycles. The number of rotatable bonds is 4. The molecule has 0 saturated carbocycles. The lowest BCUT2D eigenvalue weighted by molar-refractivity contribution is -0.160. The number of hydrogen-bond donors (Lipinski definition) is 4. The van der Waals surface area contributed by atoms with Crippen molar-refractivity contribution in [3.63, 3.8) is 0 Å². The minimum Gasteiger partial charge on any atom is -0.454 e. The highest BCUT2D eigenvalue weighted by atomic mass is 35.5. The molecule has 1 unspecified atom stereocenters. The van der Waals surface area contributed by atoms with Crippen molar-refractivity contribution >= 4 is 28.3 Å². The van der Waals surface area contributed by atoms with E-state index in [1.165, 1.54) is 30.5 Å². The van der Waals surface area contributed by atoms with Crippen LogP contribution in [0.5, 0.6) is 11.5 Å². The minimum atomic E-state index is -4.54. The first-order valence-corrected chi connectivity index (χ1v) is 13.5. The van der Waals surface area contributed by atoms with Gasteiger partial charge in [0, 0.05) is 34.8 Å². The molecule has 2 aromatic carbocycles. The Bertz CT molecular complexity index is 2250. The normalized spacial score (nSPS) is 15.9. The number of hydrogen-bond acceptors (Lipinski definition) is 9. The summed E-state index contributed by atoms with van der Waals surface area (Å²) in [4.78, 5) is 46.0. The summed E-state index contributed by atoms with van der Waals surface area (Å²) < 4.78 is 49.6. The topological polar surface area (TPSA) is 190 Å². The minimum absolute atomic E-state index is 0.00376. The molecule has 0 bridgehead atoms. The Morgan fingerprint density at radius 1 is 1.16 bits per heavy atom. The molecule has 0 aliphatic carbocycles. The Balaban J connectivity index is 1.54. The SMILES string of the molecule is CC1(C)CNC(C(F)(F)F)c2[nH]c3ccc(Oc4c(Cl)cc(-n5nc(C#N)c(=O)[nH]c5=O)cc4-n4ccc(N)nc4=O)cc3c21. The Morgan fingerprint density at radius 3 is 2.60 bits per heavy atom. The van der Waals surface area contributed by atoms with Crippen LogP contribution >= 0.6 is 11.6 Å². The van der Waals surface area contributed by atoms with Crippen molar-refractivity contribution in [3.8, 4) is 28.9 Å². The van der Waals surface area contributed by atoms with Crippen LogP contribution in [0.4, 0.5) is 19.0 Å². The molecule has 0 fully saturated rings. The largest absolute Gasteiger partial charge is 0.454 e. The summed E-state index contributed by atoms with van der Waals surface area (Å²) in [5, 5.41) is 16.0. The number of nitrogens with two attached hydrogens (primary N) is 1. The van der Waals surface area contributed by atoms with Gasteiger partial charge in [-0.2, -0.15) is 28.1 Å². The molecule has 45 heavy (non-hydrogen) atoms. The van der Waals surface area contributed by atoms with Crippen LogP contribution in [0, 0.1) is 11.3 Å². The van der Waals surface area contributed by atoms with Crippen molar-refractivity contribution in [2.24, 2.45) is 0 Å². The molecule has 17 heteroatoms. The first kappa shape index (κ1) is 29.7. The van der Waals surface area contributed by atoms with Crippen LogP contribution in [0.3, 0.4) is 0 Å². The number of alkyl halides is 3. The number of nitrogen functional groups attached to an aromatic ring is 1. The van der Waals surface area contributed by atoms with Crippen molar-refractivity contribution in [2.75, 3.05) is 12.3 Å². The smallest absolute Gasteiger partial charge is 0.409 e. The summed E-state index contributed by atoms with van der Waals surface area (Å²) in [5.41, 5.74) is 2.40. The first-order chi connectivity index (χ1) is 21.2. The average Bonchev–Trinajstić information content (AvgIpc) is 3.33. The van der Waals surface area contributed by atoms with Crippen LogP contribution < -0.4 is 32.7 Å². The summed E-state index contributed by atoms with van der Waals surface area (Å²) in [6, 6.07) is 8.21. The highest BCUT2D eigenvalue weighted by Crippen LogP contribution is 2.46. The van der Waals surface area contributed by atoms with E-state index in [-0.39, 0.29) is 46.0 Å². The number of nitrogens with one attached hydrogen (secondary N) is 3. The van der Waals surface area contributed by atoms with Crippen molar-refractivity contribution in [1.82, 2.24) is 34.6 Å². The highest BCUT2D eigenvalue weighted by Gasteiger charge is 2.48. The molecule has 6 rings (SSSR count). The quantitative estimate of drug-likeness (QED) is 0.228. The van der Waals surface area contributed by atoms with Gasteiger partial charge in [0.15, 0.2) is 5.75 Å². The maximum absolute atomic E-state index is 13.9. The molecular formula is C28H21ClF3N9O4. The number of nitriles is 1. The predicted octanol–water partition coefficient (Wildman–Crippen LogP) is 3.33. The molecule has 13 nitrogen and oxygen atoms in total. The van der Waals surface area contributed by atoms with Gasteiger partial charge in [0.05, 0.1) is 16.4 Å². The summed E-state index contributed by atoms with van der Waals surface area (Å²) in [5.74, 6) is 0.000613. The average molecular weight is 640 g/mol. The summed E-state index contributed by atoms with van der Waals surface area (Å²) >= 11 is 6.65. The zero-order valence-corrected chi connectivity index (χ0v) is 24.0. The highest BCUT2D eigenvalue weighted by molar-refractivity contribution is 6.32. The van der Waals surface area contributed by atoms with Gasteiger partial charge in [-0.3, -0.25) is 14.3 Å². The van der Waals surface area contributed by atoms with Gasteiger partial charge in [-0.1, -0.05) is 25.4 Å². The molecule has 5 N–H and O–H groups in total. The van der Waals surface area contributed by atoms with Crippen LogP contribution in [0.15, 0.2) is 57.0 Å². The molecule has 0 spiro atoms. The molecule has 0 amide bonds. The Kier molecular flexibility index (Phi) is 6.82. The molecule has 4 heterocycles. The molecular weight excluding hydrogens is 619 g/mol. The van der Waals surface area contributed by atoms with E-state index in [1.54, 1.807) is 18.2 Å². The van der Waals surface area contributed by atoms with Gasteiger partial charge < -0.3 is 20.8 Å². The molecule has 230 valence electrons. The van der Waals surface area contributed by atoms with Gasteiger partial charge in [-0.25, -0.2) is 9.59 Å². The van der Waals surface area contributed by atoms with E-state index in [1.807, 2.05) is 18.8 Å². The third kappa shape index (κ3) is 5.11. The summed E-state index contributed by atoms with van der Waals surface area (Å²) in [7, 11) is 0. The van der Waals surface area contributed by atoms with E-state index < -0.39 is 40.3 Å². The van der Waals surface area contributed by atoms with E-state index in [4.69, 9.17) is 22.1 Å². The van der Waals surface area contributed by atoms with E-state index in [0.29, 0.717) is 21.1 Å². The maximum Gasteiger partial charge on any atom is 0.409 e. The predicted molar refractivity (Wildman–Crippen MR) is 156 cm³/mol. The lowest BCUT2D eigenvalue weighted by Crippen LogP contribution is -2.46. The van der Waals surface area contributed by atoms with Crippen LogP contribution in [0.2, 0.25) is 5.02 Å². The van der Waals surface area contributed by atoms with Crippen molar-refractivity contribution in [1.29, 1.82) is 5.26 Å². The standard InChI is InChI=1S/C28H21ClF3N9O4/c1-27(2)11-35-23(28(30,31)32)21-20(27)14-9-13(3-4-16(14)36-21)45-22-15(29)7-12(41-26(44)38-24(42)17(10-33)39-41)8-18(22)40-6-5-19(34)37-25(40)43/h3-9,23,35-36H,11H2,1-2H3,(H2,34,37,43)(H,38,42,44). The monoisotopic (exact) mass is 639 g/mol. The Labute approximate surface area is 254 Å². The van der Waals surface area contributed by atoms with Crippen molar-refractivity contribution in [2.45, 2.75) is 31.5 Å². The molecule has 0 saturated heterocycles. The summed E-state index contributed by atoms with van der Waals surface area (Å²) in [6.45, 7) is 3.72. The van der Waals surface area contributed by atoms with Gasteiger partial charge in [-0.15, -0.1) is 5.10 Å². The van der Waals surface area contributed by atoms with Gasteiger partial charge in [-0.05, 0) is 42.0 Å². The number of anilines is 1. The second-order valence-corrected chi connectivity index (χ2v) is 11.3. The third-order valence-electron chi connectivity index (χ3n) is 7.33. The third-order valence-corrected chi connectivity index (χ3v) is 7.61. The molecule has 1 aliphatic rings. The number of ether oxygens (including phenoxy) is 1. The second kappa shape index (κ2) is 10.4. The Hall–Kier alpha value is -5.40. The summed E-state index contributed by atoms with van der Waals surface area (Å²) in [6.07, 6.45) is -3.25. The van der Waals surface area contributed by atoms with E-state index in [2.05, 4.69) is 20.4 Å². The lowest BCUT2D eigenvalue weighted by Gasteiger charge is -2.36. The van der Waals surface area contributed by atoms with Crippen molar-refractivity contribution < 1.29 is 17.9 Å². The molecule has 1 aliphatic heterocycles. The zero-order valence-electron chi connectivity index (χ0n) is 23.3. The zero-order chi connectivity index (χ0) is 32.4. The fourth-order valence-electron chi connectivity index (χ4n) is 5.36. The number of aromatic nitrogens is 6. The molecule has 5 aromatic rings. The van der Waals surface area contributed by atoms with Crippen LogP contribution in [0.1, 0.15) is 36.8 Å². The molecule has 1 atom stereocenters. The van der Waals surface area contributed by atoms with E-state index in [0.717, 1.165) is 4.57 Å². The molecule has 0 radical (unpaired) electrons. The number of halogens is 4. The van der Waals surface area contributed by atoms with E-state index >= 15 is 0 Å². The van der Waals surface area contributed by atoms with Crippen LogP contribution in [0.25, 0.3) is 22.3 Å². The van der Waals surface area contributed by atoms with Crippen LogP contribution in [-0.2, 0) is 5.41 Å². The Morgan fingerprint density at radius 2 is 1.91 bits per heavy atom. The van der Waals surface area contributed by atoms with Crippen molar-refractivity contribution in [3.05, 3.63) is 95.9 Å². The van der Waals surface area contributed by atoms with E-state index in [9.17, 15) is 32.8 Å². The number of benzene rings is 2. The number of aromatic amines is 2. The lowest BCUT2D eigenvalue weighted by atomic mass is 9.78. The van der Waals surface area contributed by atoms with Gasteiger partial charge >= 0.3 is 17.6 Å². The van der Waals surface area contributed by atoms with Gasteiger partial charge in [0.1, 0.15) is 23.7 Å². The van der Waals surface area contributed by atoms with Gasteiger partial charge in [0.25, 0.3) is 5.56 Å².